The van der Waals surface area contributed by atoms with E-state index in [1.54, 1.807) is 0 Å². The third-order valence-corrected chi connectivity index (χ3v) is 12.7. The molecule has 0 saturated heterocycles. The van der Waals surface area contributed by atoms with E-state index < -0.39 is 0 Å². The van der Waals surface area contributed by atoms with Crippen LogP contribution in [0, 0.1) is 0 Å². The molecule has 12 aromatic rings. The number of benzene rings is 9. The lowest BCUT2D eigenvalue weighted by Gasteiger charge is -2.25. The van der Waals surface area contributed by atoms with Gasteiger partial charge in [0, 0.05) is 69.9 Å². The first-order valence-corrected chi connectivity index (χ1v) is 20.4. The van der Waals surface area contributed by atoms with Gasteiger partial charge in [-0.1, -0.05) is 133 Å². The summed E-state index contributed by atoms with van der Waals surface area (Å²) in [5, 5.41) is 6.91. The molecule has 0 unspecified atom stereocenters. The fraction of sp³-hybridized carbons (Fsp3) is 0. The van der Waals surface area contributed by atoms with Crippen LogP contribution >= 0.6 is 11.3 Å². The molecule has 58 heavy (non-hydrogen) atoms. The SMILES string of the molecule is c1ccc(N(c2ccccc2)c2ccc(-c3ccc(-c4c(-c5cccc6c5sc5ccccc56)ccc5c4oc4ccc6oc7ccccc7c6c45)cc3)cc2)cc1. The van der Waals surface area contributed by atoms with Crippen molar-refractivity contribution in [1.82, 2.24) is 0 Å². The summed E-state index contributed by atoms with van der Waals surface area (Å²) in [6, 6.07) is 71.2. The van der Waals surface area contributed by atoms with E-state index in [4.69, 9.17) is 8.83 Å². The molecule has 272 valence electrons. The van der Waals surface area contributed by atoms with Crippen molar-refractivity contribution in [2.75, 3.05) is 4.90 Å². The Morgan fingerprint density at radius 3 is 1.66 bits per heavy atom. The van der Waals surface area contributed by atoms with Crippen LogP contribution in [0.2, 0.25) is 0 Å². The van der Waals surface area contributed by atoms with Crippen LogP contribution in [0.15, 0.2) is 209 Å². The van der Waals surface area contributed by atoms with Crippen molar-refractivity contribution in [2.24, 2.45) is 0 Å². The second kappa shape index (κ2) is 13.1. The van der Waals surface area contributed by atoms with Gasteiger partial charge in [-0.2, -0.15) is 0 Å². The third kappa shape index (κ3) is 5.12. The quantitative estimate of drug-likeness (QED) is 0.169. The van der Waals surface area contributed by atoms with E-state index in [0.29, 0.717) is 0 Å². The van der Waals surface area contributed by atoms with Crippen molar-refractivity contribution in [3.05, 3.63) is 200 Å². The molecule has 0 bridgehead atoms. The number of rotatable bonds is 6. The van der Waals surface area contributed by atoms with Crippen molar-refractivity contribution in [2.45, 2.75) is 0 Å². The van der Waals surface area contributed by atoms with Crippen LogP contribution in [-0.4, -0.2) is 0 Å². The van der Waals surface area contributed by atoms with Crippen LogP contribution in [0.4, 0.5) is 17.1 Å². The number of thiophene rings is 1. The van der Waals surface area contributed by atoms with Gasteiger partial charge in [0.2, 0.25) is 0 Å². The summed E-state index contributed by atoms with van der Waals surface area (Å²) in [6.07, 6.45) is 0. The summed E-state index contributed by atoms with van der Waals surface area (Å²) in [4.78, 5) is 2.29. The summed E-state index contributed by atoms with van der Waals surface area (Å²) >= 11 is 1.86. The van der Waals surface area contributed by atoms with Gasteiger partial charge in [-0.25, -0.2) is 0 Å². The summed E-state index contributed by atoms with van der Waals surface area (Å²) < 4.78 is 15.9. The number of anilines is 3. The zero-order valence-corrected chi connectivity index (χ0v) is 32.0. The van der Waals surface area contributed by atoms with Crippen molar-refractivity contribution in [3.8, 4) is 33.4 Å². The highest BCUT2D eigenvalue weighted by Crippen LogP contribution is 2.48. The van der Waals surface area contributed by atoms with Crippen molar-refractivity contribution in [1.29, 1.82) is 0 Å². The van der Waals surface area contributed by atoms with Crippen molar-refractivity contribution in [3.63, 3.8) is 0 Å². The number of hydrogen-bond donors (Lipinski definition) is 0. The van der Waals surface area contributed by atoms with E-state index in [2.05, 4.69) is 187 Å². The number of fused-ring (bicyclic) bond motifs is 10. The van der Waals surface area contributed by atoms with Crippen LogP contribution in [0.3, 0.4) is 0 Å². The molecule has 0 atom stereocenters. The van der Waals surface area contributed by atoms with Gasteiger partial charge < -0.3 is 13.7 Å². The number of nitrogens with zero attached hydrogens (tertiary/aromatic N) is 1. The predicted molar refractivity (Wildman–Crippen MR) is 245 cm³/mol. The lowest BCUT2D eigenvalue weighted by molar-refractivity contribution is 0.663. The first kappa shape index (κ1) is 32.8. The minimum Gasteiger partial charge on any atom is -0.456 e. The first-order valence-electron chi connectivity index (χ1n) is 19.6. The Hall–Kier alpha value is -7.40. The molecule has 3 nitrogen and oxygen atoms in total. The monoisotopic (exact) mass is 759 g/mol. The molecule has 9 aromatic carbocycles. The largest absolute Gasteiger partial charge is 0.456 e. The summed E-state index contributed by atoms with van der Waals surface area (Å²) in [5.74, 6) is 0. The van der Waals surface area contributed by atoms with E-state index in [1.165, 1.54) is 25.7 Å². The maximum Gasteiger partial charge on any atom is 0.143 e. The fourth-order valence-electron chi connectivity index (χ4n) is 8.85. The predicted octanol–water partition coefficient (Wildman–Crippen LogP) is 16.3. The second-order valence-corrected chi connectivity index (χ2v) is 15.8. The Balaban J connectivity index is 1.03. The fourth-order valence-corrected chi connectivity index (χ4v) is 10.1. The molecule has 0 aliphatic rings. The first-order chi connectivity index (χ1) is 28.8. The van der Waals surface area contributed by atoms with Crippen LogP contribution in [0.5, 0.6) is 0 Å². The zero-order valence-electron chi connectivity index (χ0n) is 31.2. The number of hydrogen-bond acceptors (Lipinski definition) is 4. The molecule has 0 N–H and O–H groups in total. The molecule has 0 saturated carbocycles. The second-order valence-electron chi connectivity index (χ2n) is 14.8. The molecule has 0 fully saturated rings. The summed E-state index contributed by atoms with van der Waals surface area (Å²) in [7, 11) is 0. The lowest BCUT2D eigenvalue weighted by Crippen LogP contribution is -2.09. The van der Waals surface area contributed by atoms with E-state index >= 15 is 0 Å². The van der Waals surface area contributed by atoms with Crippen LogP contribution in [0.25, 0.3) is 97.4 Å². The van der Waals surface area contributed by atoms with Gasteiger partial charge in [0.25, 0.3) is 0 Å². The Morgan fingerprint density at radius 1 is 0.345 bits per heavy atom. The highest BCUT2D eigenvalue weighted by Gasteiger charge is 2.23. The summed E-state index contributed by atoms with van der Waals surface area (Å²) in [6.45, 7) is 0. The average Bonchev–Trinajstić information content (AvgIpc) is 3.98. The van der Waals surface area contributed by atoms with Crippen LogP contribution in [0.1, 0.15) is 0 Å². The van der Waals surface area contributed by atoms with Crippen molar-refractivity contribution >= 4 is 92.4 Å². The van der Waals surface area contributed by atoms with E-state index in [0.717, 1.165) is 88.8 Å². The molecule has 12 rings (SSSR count). The van der Waals surface area contributed by atoms with Gasteiger partial charge in [0.1, 0.15) is 22.3 Å². The Kier molecular flexibility index (Phi) is 7.40. The van der Waals surface area contributed by atoms with E-state index in [9.17, 15) is 0 Å². The highest BCUT2D eigenvalue weighted by atomic mass is 32.1. The molecule has 0 aliphatic heterocycles. The van der Waals surface area contributed by atoms with Gasteiger partial charge in [0.05, 0.1) is 0 Å². The molecular weight excluding hydrogens is 727 g/mol. The Labute approximate surface area is 338 Å². The van der Waals surface area contributed by atoms with E-state index in [1.807, 2.05) is 29.5 Å². The highest BCUT2D eigenvalue weighted by molar-refractivity contribution is 7.26. The number of para-hydroxylation sites is 3. The Morgan fingerprint density at radius 2 is 0.914 bits per heavy atom. The maximum atomic E-state index is 6.98. The third-order valence-electron chi connectivity index (χ3n) is 11.5. The standard InChI is InChI=1S/C54H33NO2S/c1-3-12-37(13-4-1)55(38-14-5-2-6-15-38)39-28-26-35(27-29-39)34-22-24-36(25-23-34)50-41(43-19-11-18-42-40-16-8-10-21-49(40)58-54(42)43)30-31-45-52-48(57-53(45)50)33-32-47-51(52)44-17-7-9-20-46(44)56-47/h1-33H. The molecule has 0 aliphatic carbocycles. The van der Waals surface area contributed by atoms with Gasteiger partial charge >= 0.3 is 0 Å². The minimum absolute atomic E-state index is 0.851. The molecule has 0 spiro atoms. The molecule has 0 radical (unpaired) electrons. The minimum atomic E-state index is 0.851. The van der Waals surface area contributed by atoms with Gasteiger partial charge in [-0.05, 0) is 89.0 Å². The smallest absolute Gasteiger partial charge is 0.143 e. The molecule has 0 amide bonds. The average molecular weight is 760 g/mol. The normalized spacial score (nSPS) is 11.8. The van der Waals surface area contributed by atoms with Gasteiger partial charge in [-0.3, -0.25) is 0 Å². The van der Waals surface area contributed by atoms with Gasteiger partial charge in [-0.15, -0.1) is 11.3 Å². The summed E-state index contributed by atoms with van der Waals surface area (Å²) in [5.41, 5.74) is 13.7. The lowest BCUT2D eigenvalue weighted by atomic mass is 9.90. The Bertz CT molecular complexity index is 3450. The maximum absolute atomic E-state index is 6.98. The molecule has 3 heterocycles. The zero-order chi connectivity index (χ0) is 38.2. The van der Waals surface area contributed by atoms with Crippen molar-refractivity contribution < 1.29 is 8.83 Å². The van der Waals surface area contributed by atoms with E-state index in [-0.39, 0.29) is 0 Å². The molecule has 3 aromatic heterocycles. The molecular formula is C54H33NO2S. The number of furan rings is 2. The van der Waals surface area contributed by atoms with Gasteiger partial charge in [0.15, 0.2) is 0 Å². The molecule has 4 heteroatoms. The van der Waals surface area contributed by atoms with Crippen LogP contribution < -0.4 is 4.90 Å². The van der Waals surface area contributed by atoms with Crippen LogP contribution in [-0.2, 0) is 0 Å². The topological polar surface area (TPSA) is 29.5 Å².